The van der Waals surface area contributed by atoms with Gasteiger partial charge in [-0.2, -0.15) is 0 Å². The van der Waals surface area contributed by atoms with E-state index in [-0.39, 0.29) is 5.91 Å². The van der Waals surface area contributed by atoms with Crippen LogP contribution in [0.15, 0.2) is 22.7 Å². The third-order valence-electron chi connectivity index (χ3n) is 3.56. The lowest BCUT2D eigenvalue weighted by Crippen LogP contribution is -2.52. The first-order valence-electron chi connectivity index (χ1n) is 7.44. The van der Waals surface area contributed by atoms with Crippen molar-refractivity contribution in [2.45, 2.75) is 44.8 Å². The maximum absolute atomic E-state index is 12.0. The van der Waals surface area contributed by atoms with E-state index in [0.717, 1.165) is 17.3 Å². The summed E-state index contributed by atoms with van der Waals surface area (Å²) in [6.45, 7) is 1.64. The van der Waals surface area contributed by atoms with Crippen molar-refractivity contribution in [2.75, 3.05) is 0 Å². The Balaban J connectivity index is 1.76. The summed E-state index contributed by atoms with van der Waals surface area (Å²) in [5, 5.41) is 4.03. The van der Waals surface area contributed by atoms with Gasteiger partial charge in [-0.3, -0.25) is 15.6 Å². The standard InChI is InChI=1S/C15H19BrClN3O2S/c1-9(22-13-7-6-10(16)8-12(13)17)14(21)19-20-15(23)18-11-4-2-3-5-11/h6-9,11H,2-5H2,1H3,(H,19,21)(H2,18,20,23)/t9-/m1/s1. The number of carbonyl (C=O) groups is 1. The molecule has 0 unspecified atom stereocenters. The van der Waals surface area contributed by atoms with Crippen LogP contribution in [0.25, 0.3) is 0 Å². The SMILES string of the molecule is C[C@@H](Oc1ccc(Br)cc1Cl)C(=O)NNC(=S)NC1CCCC1. The molecule has 1 saturated carbocycles. The Bertz CT molecular complexity index is 582. The molecule has 0 saturated heterocycles. The van der Waals surface area contributed by atoms with Gasteiger partial charge >= 0.3 is 0 Å². The minimum Gasteiger partial charge on any atom is -0.479 e. The van der Waals surface area contributed by atoms with Gasteiger partial charge in [-0.05, 0) is 50.2 Å². The fraction of sp³-hybridized carbons (Fsp3) is 0.467. The first-order chi connectivity index (χ1) is 11.0. The summed E-state index contributed by atoms with van der Waals surface area (Å²) in [6, 6.07) is 5.60. The van der Waals surface area contributed by atoms with Crippen LogP contribution in [0.3, 0.4) is 0 Å². The maximum Gasteiger partial charge on any atom is 0.279 e. The monoisotopic (exact) mass is 419 g/mol. The normalized spacial score (nSPS) is 15.8. The number of rotatable bonds is 4. The quantitative estimate of drug-likeness (QED) is 0.515. The fourth-order valence-corrected chi connectivity index (χ4v) is 3.26. The molecule has 2 rings (SSSR count). The molecule has 1 aromatic carbocycles. The summed E-state index contributed by atoms with van der Waals surface area (Å²) in [7, 11) is 0. The average Bonchev–Trinajstić information content (AvgIpc) is 3.00. The Morgan fingerprint density at radius 1 is 1.39 bits per heavy atom. The number of benzene rings is 1. The van der Waals surface area contributed by atoms with Crippen LogP contribution >= 0.6 is 39.7 Å². The minimum atomic E-state index is -0.713. The highest BCUT2D eigenvalue weighted by Crippen LogP contribution is 2.28. The molecule has 5 nitrogen and oxygen atoms in total. The number of ether oxygens (including phenoxy) is 1. The number of hydrogen-bond donors (Lipinski definition) is 3. The number of hydrogen-bond acceptors (Lipinski definition) is 3. The molecule has 0 bridgehead atoms. The van der Waals surface area contributed by atoms with E-state index in [4.69, 9.17) is 28.6 Å². The van der Waals surface area contributed by atoms with Crippen molar-refractivity contribution in [1.29, 1.82) is 0 Å². The molecule has 0 aromatic heterocycles. The van der Waals surface area contributed by atoms with E-state index in [1.165, 1.54) is 12.8 Å². The average molecular weight is 421 g/mol. The number of thiocarbonyl (C=S) groups is 1. The van der Waals surface area contributed by atoms with Gasteiger partial charge in [-0.25, -0.2) is 0 Å². The third-order valence-corrected chi connectivity index (χ3v) is 4.57. The van der Waals surface area contributed by atoms with E-state index < -0.39 is 6.10 Å². The lowest BCUT2D eigenvalue weighted by molar-refractivity contribution is -0.127. The summed E-state index contributed by atoms with van der Waals surface area (Å²) in [5.41, 5.74) is 5.24. The van der Waals surface area contributed by atoms with Crippen LogP contribution in [0.4, 0.5) is 0 Å². The molecule has 0 heterocycles. The summed E-state index contributed by atoms with van der Waals surface area (Å²) in [5.74, 6) is 0.115. The van der Waals surface area contributed by atoms with E-state index in [1.54, 1.807) is 25.1 Å². The topological polar surface area (TPSA) is 62.4 Å². The molecule has 3 N–H and O–H groups in total. The number of amides is 1. The van der Waals surface area contributed by atoms with Crippen LogP contribution in [-0.4, -0.2) is 23.2 Å². The van der Waals surface area contributed by atoms with Gasteiger partial charge in [-0.1, -0.05) is 40.4 Å². The van der Waals surface area contributed by atoms with Gasteiger partial charge < -0.3 is 10.1 Å². The molecular weight excluding hydrogens is 402 g/mol. The summed E-state index contributed by atoms with van der Waals surface area (Å²) in [4.78, 5) is 12.0. The second kappa shape index (κ2) is 8.70. The van der Waals surface area contributed by atoms with Gasteiger partial charge in [0.25, 0.3) is 5.91 Å². The molecule has 23 heavy (non-hydrogen) atoms. The predicted octanol–water partition coefficient (Wildman–Crippen LogP) is 3.31. The molecule has 0 radical (unpaired) electrons. The highest BCUT2D eigenvalue weighted by atomic mass is 79.9. The van der Waals surface area contributed by atoms with Crippen molar-refractivity contribution >= 4 is 50.8 Å². The third kappa shape index (κ3) is 5.82. The van der Waals surface area contributed by atoms with E-state index in [9.17, 15) is 4.79 Å². The van der Waals surface area contributed by atoms with Crippen molar-refractivity contribution in [2.24, 2.45) is 0 Å². The van der Waals surface area contributed by atoms with Gasteiger partial charge in [0.2, 0.25) is 0 Å². The van der Waals surface area contributed by atoms with Gasteiger partial charge in [0, 0.05) is 10.5 Å². The number of hydrazine groups is 1. The van der Waals surface area contributed by atoms with Crippen LogP contribution in [-0.2, 0) is 4.79 Å². The first-order valence-corrected chi connectivity index (χ1v) is 9.01. The van der Waals surface area contributed by atoms with Crippen LogP contribution in [0.1, 0.15) is 32.6 Å². The minimum absolute atomic E-state index is 0.334. The molecular formula is C15H19BrClN3O2S. The molecule has 126 valence electrons. The zero-order valence-corrected chi connectivity index (χ0v) is 15.9. The van der Waals surface area contributed by atoms with Gasteiger partial charge in [-0.15, -0.1) is 0 Å². The van der Waals surface area contributed by atoms with Crippen LogP contribution in [0.2, 0.25) is 5.02 Å². The molecule has 1 fully saturated rings. The van der Waals surface area contributed by atoms with Crippen molar-refractivity contribution in [3.05, 3.63) is 27.7 Å². The number of carbonyl (C=O) groups excluding carboxylic acids is 1. The van der Waals surface area contributed by atoms with Gasteiger partial charge in [0.05, 0.1) is 5.02 Å². The van der Waals surface area contributed by atoms with E-state index >= 15 is 0 Å². The van der Waals surface area contributed by atoms with Crippen LogP contribution in [0.5, 0.6) is 5.75 Å². The molecule has 1 atom stereocenters. The number of nitrogens with one attached hydrogen (secondary N) is 3. The summed E-state index contributed by atoms with van der Waals surface area (Å²) < 4.78 is 6.40. The van der Waals surface area contributed by atoms with Crippen molar-refractivity contribution < 1.29 is 9.53 Å². The lowest BCUT2D eigenvalue weighted by atomic mass is 10.3. The second-order valence-corrected chi connectivity index (χ2v) is 7.14. The van der Waals surface area contributed by atoms with Crippen molar-refractivity contribution in [3.8, 4) is 5.75 Å². The van der Waals surface area contributed by atoms with Crippen LogP contribution < -0.4 is 20.9 Å². The molecule has 0 aliphatic heterocycles. The second-order valence-electron chi connectivity index (χ2n) is 5.40. The Hall–Kier alpha value is -1.05. The lowest BCUT2D eigenvalue weighted by Gasteiger charge is -2.19. The Kier molecular flexibility index (Phi) is 6.92. The predicted molar refractivity (Wildman–Crippen MR) is 98.5 cm³/mol. The van der Waals surface area contributed by atoms with Crippen molar-refractivity contribution in [3.63, 3.8) is 0 Å². The fourth-order valence-electron chi connectivity index (χ4n) is 2.33. The van der Waals surface area contributed by atoms with E-state index in [1.807, 2.05) is 0 Å². The number of halogens is 2. The Labute approximate surface area is 154 Å². The van der Waals surface area contributed by atoms with E-state index in [2.05, 4.69) is 32.1 Å². The Morgan fingerprint density at radius 2 is 2.09 bits per heavy atom. The zero-order valence-electron chi connectivity index (χ0n) is 12.7. The molecule has 1 amide bonds. The van der Waals surface area contributed by atoms with E-state index in [0.29, 0.717) is 21.9 Å². The maximum atomic E-state index is 12.0. The zero-order chi connectivity index (χ0) is 16.8. The summed E-state index contributed by atoms with van der Waals surface area (Å²) >= 11 is 14.5. The molecule has 1 aromatic rings. The molecule has 1 aliphatic carbocycles. The Morgan fingerprint density at radius 3 is 2.74 bits per heavy atom. The largest absolute Gasteiger partial charge is 0.479 e. The first kappa shape index (κ1) is 18.3. The van der Waals surface area contributed by atoms with Crippen molar-refractivity contribution in [1.82, 2.24) is 16.2 Å². The van der Waals surface area contributed by atoms with Gasteiger partial charge in [0.15, 0.2) is 11.2 Å². The molecule has 1 aliphatic rings. The van der Waals surface area contributed by atoms with Gasteiger partial charge in [0.1, 0.15) is 5.75 Å². The summed E-state index contributed by atoms with van der Waals surface area (Å²) in [6.07, 6.45) is 3.93. The smallest absolute Gasteiger partial charge is 0.279 e. The highest BCUT2D eigenvalue weighted by molar-refractivity contribution is 9.10. The molecule has 8 heteroatoms. The highest BCUT2D eigenvalue weighted by Gasteiger charge is 2.18. The van der Waals surface area contributed by atoms with Crippen LogP contribution in [0, 0.1) is 0 Å². The molecule has 0 spiro atoms.